The number of aryl methyl sites for hydroxylation is 1. The fraction of sp³-hybridized carbons (Fsp3) is 0.0769. The highest BCUT2D eigenvalue weighted by molar-refractivity contribution is 6.42. The first-order valence-electron chi connectivity index (χ1n) is 5.89. The predicted octanol–water partition coefficient (Wildman–Crippen LogP) is 2.88. The van der Waals surface area contributed by atoms with E-state index in [1.807, 2.05) is 0 Å². The molecule has 21 heavy (non-hydrogen) atoms. The molecule has 2 heterocycles. The van der Waals surface area contributed by atoms with E-state index in [2.05, 4.69) is 15.2 Å². The zero-order chi connectivity index (χ0) is 15.0. The van der Waals surface area contributed by atoms with Crippen molar-refractivity contribution in [2.24, 2.45) is 5.10 Å². The van der Waals surface area contributed by atoms with E-state index in [0.717, 1.165) is 4.68 Å². The molecule has 8 heteroatoms. The maximum Gasteiger partial charge on any atom is 0.287 e. The first-order valence-corrected chi connectivity index (χ1v) is 6.65. The van der Waals surface area contributed by atoms with E-state index >= 15 is 0 Å². The van der Waals surface area contributed by atoms with Crippen molar-refractivity contribution in [1.29, 1.82) is 0 Å². The van der Waals surface area contributed by atoms with Crippen LogP contribution in [-0.4, -0.2) is 21.0 Å². The van der Waals surface area contributed by atoms with Crippen LogP contribution in [-0.2, 0) is 0 Å². The molecule has 0 atom stereocenters. The molecule has 0 N–H and O–H groups in total. The molecule has 3 rings (SSSR count). The summed E-state index contributed by atoms with van der Waals surface area (Å²) in [6.07, 6.45) is 2.75. The summed E-state index contributed by atoms with van der Waals surface area (Å²) >= 11 is 11.8. The molecule has 6 nitrogen and oxygen atoms in total. The van der Waals surface area contributed by atoms with Crippen LogP contribution >= 0.6 is 23.2 Å². The monoisotopic (exact) mass is 322 g/mol. The summed E-state index contributed by atoms with van der Waals surface area (Å²) < 4.78 is 6.02. The molecule has 106 valence electrons. The Bertz CT molecular complexity index is 914. The Balaban J connectivity index is 2.03. The Hall–Kier alpha value is -2.18. The molecule has 0 aliphatic carbocycles. The van der Waals surface area contributed by atoms with E-state index in [1.165, 1.54) is 12.5 Å². The minimum atomic E-state index is -0.352. The largest absolute Gasteiger partial charge is 0.335 e. The molecule has 0 bridgehead atoms. The average Bonchev–Trinajstić information content (AvgIpc) is 2.84. The minimum Gasteiger partial charge on any atom is -0.335 e. The number of benzene rings is 1. The van der Waals surface area contributed by atoms with Gasteiger partial charge in [0, 0.05) is 0 Å². The minimum absolute atomic E-state index is 0.193. The van der Waals surface area contributed by atoms with Crippen LogP contribution in [0.5, 0.6) is 0 Å². The van der Waals surface area contributed by atoms with Crippen molar-refractivity contribution in [3.63, 3.8) is 0 Å². The van der Waals surface area contributed by atoms with Crippen LogP contribution < -0.4 is 5.56 Å². The highest BCUT2D eigenvalue weighted by Gasteiger charge is 2.11. The van der Waals surface area contributed by atoms with Crippen molar-refractivity contribution in [2.75, 3.05) is 0 Å². The second-order valence-electron chi connectivity index (χ2n) is 4.26. The molecular formula is C13H8Cl2N4O2. The molecule has 0 saturated carbocycles. The number of nitrogens with zero attached hydrogens (tertiary/aromatic N) is 4. The summed E-state index contributed by atoms with van der Waals surface area (Å²) in [5, 5.41) is 8.94. The Labute approximate surface area is 128 Å². The summed E-state index contributed by atoms with van der Waals surface area (Å²) in [7, 11) is 0. The SMILES string of the molecule is Cc1noc2ncn(/N=C/c3ccc(Cl)c(Cl)c3)c(=O)c12. The lowest BCUT2D eigenvalue weighted by Crippen LogP contribution is -2.17. The first-order chi connectivity index (χ1) is 10.1. The third-order valence-electron chi connectivity index (χ3n) is 2.83. The third-order valence-corrected chi connectivity index (χ3v) is 3.56. The molecule has 0 aliphatic heterocycles. The Morgan fingerprint density at radius 3 is 2.90 bits per heavy atom. The molecular weight excluding hydrogens is 315 g/mol. The van der Waals surface area contributed by atoms with Gasteiger partial charge in [-0.2, -0.15) is 14.8 Å². The number of rotatable bonds is 2. The summed E-state index contributed by atoms with van der Waals surface area (Å²) in [6.45, 7) is 1.67. The van der Waals surface area contributed by atoms with Gasteiger partial charge < -0.3 is 4.52 Å². The van der Waals surface area contributed by atoms with Gasteiger partial charge in [-0.1, -0.05) is 34.4 Å². The third kappa shape index (κ3) is 2.55. The van der Waals surface area contributed by atoms with Crippen molar-refractivity contribution in [3.8, 4) is 0 Å². The van der Waals surface area contributed by atoms with Crippen molar-refractivity contribution in [2.45, 2.75) is 6.92 Å². The highest BCUT2D eigenvalue weighted by atomic mass is 35.5. The van der Waals surface area contributed by atoms with Crippen LogP contribution in [0, 0.1) is 6.92 Å². The van der Waals surface area contributed by atoms with Crippen LogP contribution in [0.2, 0.25) is 10.0 Å². The van der Waals surface area contributed by atoms with Gasteiger partial charge >= 0.3 is 0 Å². The molecule has 0 unspecified atom stereocenters. The summed E-state index contributed by atoms with van der Waals surface area (Å²) in [5.74, 6) is 0. The number of hydrogen-bond donors (Lipinski definition) is 0. The topological polar surface area (TPSA) is 73.3 Å². The number of halogens is 2. The van der Waals surface area contributed by atoms with E-state index in [9.17, 15) is 4.79 Å². The number of fused-ring (bicyclic) bond motifs is 1. The van der Waals surface area contributed by atoms with E-state index in [4.69, 9.17) is 27.7 Å². The Kier molecular flexibility index (Phi) is 3.48. The summed E-state index contributed by atoms with van der Waals surface area (Å²) in [4.78, 5) is 16.2. The fourth-order valence-electron chi connectivity index (χ4n) is 1.77. The lowest BCUT2D eigenvalue weighted by molar-refractivity contribution is 0.442. The molecule has 1 aromatic carbocycles. The van der Waals surface area contributed by atoms with Crippen LogP contribution in [0.1, 0.15) is 11.3 Å². The van der Waals surface area contributed by atoms with Gasteiger partial charge in [-0.15, -0.1) is 0 Å². The van der Waals surface area contributed by atoms with E-state index in [1.54, 1.807) is 25.1 Å². The fourth-order valence-corrected chi connectivity index (χ4v) is 2.08. The van der Waals surface area contributed by atoms with Gasteiger partial charge in [0.05, 0.1) is 22.0 Å². The molecule has 2 aromatic heterocycles. The average molecular weight is 323 g/mol. The van der Waals surface area contributed by atoms with Crippen molar-refractivity contribution in [3.05, 3.63) is 56.2 Å². The normalized spacial score (nSPS) is 11.6. The van der Waals surface area contributed by atoms with Crippen LogP contribution in [0.15, 0.2) is 38.9 Å². The standard InChI is InChI=1S/C13H8Cl2N4O2/c1-7-11-12(21-18-7)16-6-19(13(11)20)17-5-8-2-3-9(14)10(15)4-8/h2-6H,1H3/b17-5+. The van der Waals surface area contributed by atoms with Crippen LogP contribution in [0.4, 0.5) is 0 Å². The van der Waals surface area contributed by atoms with E-state index in [-0.39, 0.29) is 11.3 Å². The van der Waals surface area contributed by atoms with Crippen LogP contribution in [0.25, 0.3) is 11.1 Å². The molecule has 0 radical (unpaired) electrons. The zero-order valence-corrected chi connectivity index (χ0v) is 12.3. The van der Waals surface area contributed by atoms with Gasteiger partial charge in [0.25, 0.3) is 11.3 Å². The van der Waals surface area contributed by atoms with E-state index in [0.29, 0.717) is 26.7 Å². The van der Waals surface area contributed by atoms with Gasteiger partial charge in [0.1, 0.15) is 11.7 Å². The molecule has 0 spiro atoms. The number of aromatic nitrogens is 3. The smallest absolute Gasteiger partial charge is 0.287 e. The summed E-state index contributed by atoms with van der Waals surface area (Å²) in [5.41, 5.74) is 1.02. The molecule has 0 aliphatic rings. The highest BCUT2D eigenvalue weighted by Crippen LogP contribution is 2.21. The summed E-state index contributed by atoms with van der Waals surface area (Å²) in [6, 6.07) is 5.04. The van der Waals surface area contributed by atoms with E-state index < -0.39 is 0 Å². The Morgan fingerprint density at radius 2 is 2.14 bits per heavy atom. The zero-order valence-electron chi connectivity index (χ0n) is 10.7. The quantitative estimate of drug-likeness (QED) is 0.680. The molecule has 0 amide bonds. The Morgan fingerprint density at radius 1 is 1.33 bits per heavy atom. The van der Waals surface area contributed by atoms with Crippen molar-refractivity contribution in [1.82, 2.24) is 14.8 Å². The van der Waals surface area contributed by atoms with Gasteiger partial charge in [-0.25, -0.2) is 0 Å². The lowest BCUT2D eigenvalue weighted by atomic mass is 10.2. The maximum absolute atomic E-state index is 12.2. The molecule has 0 fully saturated rings. The second-order valence-corrected chi connectivity index (χ2v) is 5.07. The number of hydrogen-bond acceptors (Lipinski definition) is 5. The van der Waals surface area contributed by atoms with Crippen molar-refractivity contribution < 1.29 is 4.52 Å². The maximum atomic E-state index is 12.2. The first kappa shape index (κ1) is 13.8. The van der Waals surface area contributed by atoms with Gasteiger partial charge in [0.15, 0.2) is 0 Å². The lowest BCUT2D eigenvalue weighted by Gasteiger charge is -1.98. The van der Waals surface area contributed by atoms with Gasteiger partial charge in [-0.3, -0.25) is 4.79 Å². The van der Waals surface area contributed by atoms with Crippen LogP contribution in [0.3, 0.4) is 0 Å². The predicted molar refractivity (Wildman–Crippen MR) is 80.3 cm³/mol. The van der Waals surface area contributed by atoms with Crippen molar-refractivity contribution >= 4 is 40.5 Å². The van der Waals surface area contributed by atoms with Gasteiger partial charge in [0.2, 0.25) is 0 Å². The molecule has 3 aromatic rings. The van der Waals surface area contributed by atoms with Gasteiger partial charge in [-0.05, 0) is 24.6 Å². The molecule has 0 saturated heterocycles. The second kappa shape index (κ2) is 5.31.